The summed E-state index contributed by atoms with van der Waals surface area (Å²) < 4.78 is 30.2. The molecule has 0 N–H and O–H groups in total. The number of nitro groups is 1. The van der Waals surface area contributed by atoms with Crippen molar-refractivity contribution in [2.45, 2.75) is 6.61 Å². The Kier molecular flexibility index (Phi) is 6.12. The number of carbonyl (C=O) groups excluding carboxylic acids is 1. The molecule has 4 rings (SSSR count). The lowest BCUT2D eigenvalue weighted by Crippen LogP contribution is -2.07. The molecule has 1 aliphatic rings. The quantitative estimate of drug-likeness (QED) is 0.225. The number of hydrogen-bond acceptors (Lipinski definition) is 7. The Balaban J connectivity index is 1.54. The Bertz CT molecular complexity index is 1300. The van der Waals surface area contributed by atoms with E-state index in [1.54, 1.807) is 36.4 Å². The van der Waals surface area contributed by atoms with Crippen molar-refractivity contribution in [3.8, 4) is 11.5 Å². The van der Waals surface area contributed by atoms with E-state index < -0.39 is 16.7 Å². The number of benzene rings is 3. The highest BCUT2D eigenvalue weighted by Gasteiger charge is 2.26. The Labute approximate surface area is 187 Å². The van der Waals surface area contributed by atoms with E-state index in [1.165, 1.54) is 43.5 Å². The van der Waals surface area contributed by atoms with Crippen molar-refractivity contribution < 1.29 is 28.3 Å². The summed E-state index contributed by atoms with van der Waals surface area (Å²) in [6, 6.07) is 17.0. The second kappa shape index (κ2) is 9.31. The fraction of sp³-hybridized carbons (Fsp3) is 0.0833. The van der Waals surface area contributed by atoms with Crippen LogP contribution in [0.5, 0.6) is 11.5 Å². The molecule has 3 aromatic rings. The molecule has 0 unspecified atom stereocenters. The molecule has 0 radical (unpaired) electrons. The number of nitrogens with zero attached hydrogens (tertiary/aromatic N) is 2. The number of methoxy groups -OCH3 is 1. The summed E-state index contributed by atoms with van der Waals surface area (Å²) in [4.78, 5) is 26.8. The maximum absolute atomic E-state index is 14.0. The molecule has 33 heavy (non-hydrogen) atoms. The van der Waals surface area contributed by atoms with E-state index in [0.29, 0.717) is 22.6 Å². The summed E-state index contributed by atoms with van der Waals surface area (Å²) in [5.41, 5.74) is 1.29. The summed E-state index contributed by atoms with van der Waals surface area (Å²) in [7, 11) is 1.46. The molecule has 0 fully saturated rings. The summed E-state index contributed by atoms with van der Waals surface area (Å²) >= 11 is 0. The van der Waals surface area contributed by atoms with Gasteiger partial charge in [0, 0.05) is 12.1 Å². The summed E-state index contributed by atoms with van der Waals surface area (Å²) in [5.74, 6) is -0.543. The van der Waals surface area contributed by atoms with Gasteiger partial charge < -0.3 is 14.2 Å². The average molecular weight is 448 g/mol. The van der Waals surface area contributed by atoms with E-state index in [0.717, 1.165) is 0 Å². The van der Waals surface area contributed by atoms with E-state index in [-0.39, 0.29) is 29.5 Å². The normalized spacial score (nSPS) is 14.1. The Morgan fingerprint density at radius 3 is 2.67 bits per heavy atom. The fourth-order valence-electron chi connectivity index (χ4n) is 3.13. The minimum absolute atomic E-state index is 0.0144. The number of non-ortho nitro benzene ring substituents is 1. The highest BCUT2D eigenvalue weighted by Crippen LogP contribution is 2.31. The van der Waals surface area contributed by atoms with Crippen LogP contribution in [0.2, 0.25) is 0 Å². The van der Waals surface area contributed by atoms with Gasteiger partial charge in [-0.15, -0.1) is 0 Å². The lowest BCUT2D eigenvalue weighted by atomic mass is 10.1. The fourth-order valence-corrected chi connectivity index (χ4v) is 3.13. The SMILES string of the molecule is COc1cc(/C=C2\N=C(c3ccccc3F)OC2=O)ccc1OCc1cccc([N+](=O)[O-])c1. The number of carbonyl (C=O) groups is 1. The van der Waals surface area contributed by atoms with Crippen LogP contribution in [0.3, 0.4) is 0 Å². The third-order valence-electron chi connectivity index (χ3n) is 4.73. The smallest absolute Gasteiger partial charge is 0.363 e. The topological polar surface area (TPSA) is 100 Å². The largest absolute Gasteiger partial charge is 0.493 e. The van der Waals surface area contributed by atoms with Crippen molar-refractivity contribution in [3.05, 3.63) is 105 Å². The van der Waals surface area contributed by atoms with Crippen LogP contribution in [0.4, 0.5) is 10.1 Å². The minimum atomic E-state index is -0.696. The van der Waals surface area contributed by atoms with Gasteiger partial charge in [0.15, 0.2) is 17.2 Å². The first-order valence-corrected chi connectivity index (χ1v) is 9.76. The van der Waals surface area contributed by atoms with E-state index in [4.69, 9.17) is 14.2 Å². The second-order valence-corrected chi connectivity index (χ2v) is 6.94. The van der Waals surface area contributed by atoms with Gasteiger partial charge in [0.2, 0.25) is 5.90 Å². The van der Waals surface area contributed by atoms with Gasteiger partial charge in [0.05, 0.1) is 17.6 Å². The predicted octanol–water partition coefficient (Wildman–Crippen LogP) is 4.67. The first-order valence-electron chi connectivity index (χ1n) is 9.76. The van der Waals surface area contributed by atoms with Gasteiger partial charge in [0.25, 0.3) is 5.69 Å². The molecule has 0 atom stereocenters. The highest BCUT2D eigenvalue weighted by atomic mass is 19.1. The van der Waals surface area contributed by atoms with Gasteiger partial charge in [-0.2, -0.15) is 0 Å². The van der Waals surface area contributed by atoms with Gasteiger partial charge in [-0.05, 0) is 41.5 Å². The van der Waals surface area contributed by atoms with Crippen molar-refractivity contribution in [3.63, 3.8) is 0 Å². The maximum Gasteiger partial charge on any atom is 0.363 e. The van der Waals surface area contributed by atoms with Crippen LogP contribution in [0.15, 0.2) is 77.4 Å². The number of rotatable bonds is 7. The number of aliphatic imine (C=N–C) groups is 1. The Morgan fingerprint density at radius 2 is 1.91 bits per heavy atom. The summed E-state index contributed by atoms with van der Waals surface area (Å²) in [6.07, 6.45) is 1.49. The summed E-state index contributed by atoms with van der Waals surface area (Å²) in [6.45, 7) is 0.0983. The lowest BCUT2D eigenvalue weighted by Gasteiger charge is -2.11. The lowest BCUT2D eigenvalue weighted by molar-refractivity contribution is -0.384. The van der Waals surface area contributed by atoms with Crippen LogP contribution in [0, 0.1) is 15.9 Å². The van der Waals surface area contributed by atoms with Gasteiger partial charge in [0.1, 0.15) is 12.4 Å². The van der Waals surface area contributed by atoms with E-state index in [9.17, 15) is 19.3 Å². The van der Waals surface area contributed by atoms with Crippen LogP contribution in [-0.4, -0.2) is 23.9 Å². The number of nitro benzene ring substituents is 1. The van der Waals surface area contributed by atoms with E-state index in [2.05, 4.69) is 4.99 Å². The average Bonchev–Trinajstić information content (AvgIpc) is 3.18. The number of esters is 1. The molecular weight excluding hydrogens is 431 g/mol. The standard InChI is InChI=1S/C24H17FN2O6/c1-31-22-13-15(9-10-21(22)32-14-16-5-4-6-17(11-16)27(29)30)12-20-24(28)33-23(26-20)18-7-2-3-8-19(18)25/h2-13H,14H2,1H3/b20-12-. The second-order valence-electron chi connectivity index (χ2n) is 6.94. The van der Waals surface area contributed by atoms with Crippen LogP contribution in [0.1, 0.15) is 16.7 Å². The molecule has 8 nitrogen and oxygen atoms in total. The monoisotopic (exact) mass is 448 g/mol. The van der Waals surface area contributed by atoms with Crippen LogP contribution in [0.25, 0.3) is 6.08 Å². The van der Waals surface area contributed by atoms with Gasteiger partial charge in [-0.1, -0.05) is 30.3 Å². The molecule has 0 aromatic heterocycles. The van der Waals surface area contributed by atoms with Crippen LogP contribution in [-0.2, 0) is 16.1 Å². The van der Waals surface area contributed by atoms with Crippen LogP contribution < -0.4 is 9.47 Å². The van der Waals surface area contributed by atoms with Crippen molar-refractivity contribution >= 4 is 23.6 Å². The molecule has 0 bridgehead atoms. The summed E-state index contributed by atoms with van der Waals surface area (Å²) in [5, 5.41) is 10.9. The molecule has 1 aliphatic heterocycles. The minimum Gasteiger partial charge on any atom is -0.493 e. The zero-order chi connectivity index (χ0) is 23.4. The molecule has 0 spiro atoms. The molecule has 166 valence electrons. The zero-order valence-corrected chi connectivity index (χ0v) is 17.4. The zero-order valence-electron chi connectivity index (χ0n) is 17.4. The van der Waals surface area contributed by atoms with Crippen LogP contribution >= 0.6 is 0 Å². The molecule has 0 saturated carbocycles. The predicted molar refractivity (Wildman–Crippen MR) is 117 cm³/mol. The molecule has 1 heterocycles. The Hall–Kier alpha value is -4.53. The number of ether oxygens (including phenoxy) is 3. The van der Waals surface area contributed by atoms with Crippen molar-refractivity contribution in [1.82, 2.24) is 0 Å². The van der Waals surface area contributed by atoms with E-state index in [1.807, 2.05) is 0 Å². The molecule has 0 saturated heterocycles. The molecule has 0 aliphatic carbocycles. The highest BCUT2D eigenvalue weighted by molar-refractivity contribution is 6.12. The third kappa shape index (κ3) is 4.87. The maximum atomic E-state index is 14.0. The number of hydrogen-bond donors (Lipinski definition) is 0. The molecule has 0 amide bonds. The number of cyclic esters (lactones) is 1. The number of halogens is 1. The van der Waals surface area contributed by atoms with Gasteiger partial charge in [-0.3, -0.25) is 10.1 Å². The Morgan fingerprint density at radius 1 is 1.09 bits per heavy atom. The van der Waals surface area contributed by atoms with Crippen molar-refractivity contribution in [2.75, 3.05) is 7.11 Å². The molecule has 3 aromatic carbocycles. The molecule has 9 heteroatoms. The third-order valence-corrected chi connectivity index (χ3v) is 4.73. The first-order chi connectivity index (χ1) is 15.9. The van der Waals surface area contributed by atoms with E-state index >= 15 is 0 Å². The first kappa shape index (κ1) is 21.7. The van der Waals surface area contributed by atoms with Gasteiger partial charge >= 0.3 is 5.97 Å². The van der Waals surface area contributed by atoms with Crippen molar-refractivity contribution in [2.24, 2.45) is 4.99 Å². The molecular formula is C24H17FN2O6. The van der Waals surface area contributed by atoms with Gasteiger partial charge in [-0.25, -0.2) is 14.2 Å². The van der Waals surface area contributed by atoms with Crippen molar-refractivity contribution in [1.29, 1.82) is 0 Å².